The number of halogens is 2. The van der Waals surface area contributed by atoms with Crippen molar-refractivity contribution in [2.24, 2.45) is 0 Å². The van der Waals surface area contributed by atoms with Crippen molar-refractivity contribution in [3.63, 3.8) is 0 Å². The second-order valence-electron chi connectivity index (χ2n) is 6.18. The summed E-state index contributed by atoms with van der Waals surface area (Å²) in [4.78, 5) is 14.5. The van der Waals surface area contributed by atoms with Crippen molar-refractivity contribution in [3.05, 3.63) is 53.6 Å². The average molecular weight is 358 g/mol. The molecule has 26 heavy (non-hydrogen) atoms. The zero-order valence-corrected chi connectivity index (χ0v) is 13.8. The summed E-state index contributed by atoms with van der Waals surface area (Å²) in [5.74, 6) is -1.45. The maximum absolute atomic E-state index is 13.7. The molecule has 0 atom stereocenters. The fraction of sp³-hybridized carbons (Fsp3) is 0.278. The molecular weight excluding hydrogens is 342 g/mol. The van der Waals surface area contributed by atoms with Gasteiger partial charge in [-0.05, 0) is 24.3 Å². The molecule has 2 aromatic carbocycles. The lowest BCUT2D eigenvalue weighted by molar-refractivity contribution is 0.0590. The van der Waals surface area contributed by atoms with Crippen LogP contribution in [0.15, 0.2) is 36.4 Å². The third-order valence-corrected chi connectivity index (χ3v) is 4.49. The van der Waals surface area contributed by atoms with E-state index in [1.54, 1.807) is 23.1 Å². The number of piperidine rings is 1. The van der Waals surface area contributed by atoms with Crippen LogP contribution in [0.4, 0.5) is 8.78 Å². The molecule has 0 saturated carbocycles. The minimum absolute atomic E-state index is 0.0311. The summed E-state index contributed by atoms with van der Waals surface area (Å²) in [6.45, 7) is 0.973. The minimum atomic E-state index is -0.721. The van der Waals surface area contributed by atoms with Crippen molar-refractivity contribution in [1.29, 1.82) is 0 Å². The van der Waals surface area contributed by atoms with Crippen molar-refractivity contribution in [1.82, 2.24) is 20.3 Å². The van der Waals surface area contributed by atoms with Crippen LogP contribution in [0.25, 0.3) is 11.0 Å². The van der Waals surface area contributed by atoms with Crippen LogP contribution in [-0.2, 0) is 0 Å². The third kappa shape index (κ3) is 3.10. The van der Waals surface area contributed by atoms with Crippen LogP contribution in [0.1, 0.15) is 23.2 Å². The molecule has 6 nitrogen and oxygen atoms in total. The maximum atomic E-state index is 13.7. The highest BCUT2D eigenvalue weighted by molar-refractivity contribution is 6.04. The van der Waals surface area contributed by atoms with Gasteiger partial charge >= 0.3 is 0 Å². The summed E-state index contributed by atoms with van der Waals surface area (Å²) in [5.41, 5.74) is 1.69. The maximum Gasteiger partial charge on any atom is 0.256 e. The van der Waals surface area contributed by atoms with Crippen LogP contribution in [0.3, 0.4) is 0 Å². The SMILES string of the molecule is O=C(c1cccc2n[nH]nc12)N1CCC(Oc2ccc(F)cc2F)CC1. The van der Waals surface area contributed by atoms with Crippen LogP contribution in [0.5, 0.6) is 5.75 Å². The molecule has 0 aliphatic carbocycles. The molecule has 3 aromatic rings. The third-order valence-electron chi connectivity index (χ3n) is 4.49. The molecule has 0 unspecified atom stereocenters. The Balaban J connectivity index is 1.42. The highest BCUT2D eigenvalue weighted by Crippen LogP contribution is 2.24. The van der Waals surface area contributed by atoms with E-state index in [9.17, 15) is 13.6 Å². The lowest BCUT2D eigenvalue weighted by Crippen LogP contribution is -2.42. The Kier molecular flexibility index (Phi) is 4.24. The van der Waals surface area contributed by atoms with Gasteiger partial charge in [-0.15, -0.1) is 0 Å². The number of aromatic nitrogens is 3. The summed E-state index contributed by atoms with van der Waals surface area (Å²) >= 11 is 0. The molecule has 1 N–H and O–H groups in total. The number of likely N-dealkylation sites (tertiary alicyclic amines) is 1. The monoisotopic (exact) mass is 358 g/mol. The number of hydrogen-bond acceptors (Lipinski definition) is 4. The van der Waals surface area contributed by atoms with Crippen LogP contribution in [0, 0.1) is 11.6 Å². The molecule has 1 amide bonds. The number of para-hydroxylation sites is 1. The van der Waals surface area contributed by atoms with E-state index in [0.717, 1.165) is 12.1 Å². The van der Waals surface area contributed by atoms with Gasteiger partial charge in [0.15, 0.2) is 11.6 Å². The van der Waals surface area contributed by atoms with E-state index in [4.69, 9.17) is 4.74 Å². The fourth-order valence-electron chi connectivity index (χ4n) is 3.14. The number of hydrogen-bond donors (Lipinski definition) is 1. The molecule has 0 spiro atoms. The van der Waals surface area contributed by atoms with Crippen molar-refractivity contribution >= 4 is 16.9 Å². The fourth-order valence-corrected chi connectivity index (χ4v) is 3.14. The topological polar surface area (TPSA) is 71.1 Å². The molecule has 0 bridgehead atoms. The van der Waals surface area contributed by atoms with Crippen molar-refractivity contribution in [2.45, 2.75) is 18.9 Å². The van der Waals surface area contributed by atoms with E-state index in [2.05, 4.69) is 15.4 Å². The summed E-state index contributed by atoms with van der Waals surface area (Å²) in [6, 6.07) is 8.53. The second-order valence-corrected chi connectivity index (χ2v) is 6.18. The highest BCUT2D eigenvalue weighted by Gasteiger charge is 2.26. The first-order valence-corrected chi connectivity index (χ1v) is 8.32. The van der Waals surface area contributed by atoms with Crippen LogP contribution < -0.4 is 4.74 Å². The van der Waals surface area contributed by atoms with Gasteiger partial charge in [0, 0.05) is 32.0 Å². The van der Waals surface area contributed by atoms with Gasteiger partial charge in [-0.25, -0.2) is 8.78 Å². The van der Waals surface area contributed by atoms with Crippen molar-refractivity contribution in [2.75, 3.05) is 13.1 Å². The average Bonchev–Trinajstić information content (AvgIpc) is 3.13. The van der Waals surface area contributed by atoms with E-state index in [1.807, 2.05) is 0 Å². The Morgan fingerprint density at radius 2 is 1.96 bits per heavy atom. The lowest BCUT2D eigenvalue weighted by Gasteiger charge is -2.32. The smallest absolute Gasteiger partial charge is 0.256 e. The largest absolute Gasteiger partial charge is 0.487 e. The lowest BCUT2D eigenvalue weighted by atomic mass is 10.1. The number of carbonyl (C=O) groups is 1. The van der Waals surface area contributed by atoms with E-state index in [0.29, 0.717) is 42.5 Å². The molecule has 4 rings (SSSR count). The van der Waals surface area contributed by atoms with Gasteiger partial charge in [-0.2, -0.15) is 15.4 Å². The van der Waals surface area contributed by atoms with E-state index in [-0.39, 0.29) is 17.8 Å². The molecular formula is C18H16F2N4O2. The first kappa shape index (κ1) is 16.4. The van der Waals surface area contributed by atoms with Gasteiger partial charge in [0.25, 0.3) is 5.91 Å². The number of rotatable bonds is 3. The number of H-pyrrole nitrogens is 1. The normalized spacial score (nSPS) is 15.4. The first-order valence-electron chi connectivity index (χ1n) is 8.32. The summed E-state index contributed by atoms with van der Waals surface area (Å²) in [6.07, 6.45) is 0.913. The molecule has 0 radical (unpaired) electrons. The number of amides is 1. The number of ether oxygens (including phenoxy) is 1. The molecule has 1 saturated heterocycles. The van der Waals surface area contributed by atoms with Crippen molar-refractivity contribution in [3.8, 4) is 5.75 Å². The number of nitrogens with zero attached hydrogens (tertiary/aromatic N) is 3. The van der Waals surface area contributed by atoms with Gasteiger partial charge < -0.3 is 9.64 Å². The first-order chi connectivity index (χ1) is 12.6. The Hall–Kier alpha value is -3.03. The van der Waals surface area contributed by atoms with Gasteiger partial charge in [0.1, 0.15) is 23.0 Å². The minimum Gasteiger partial charge on any atom is -0.487 e. The standard InChI is InChI=1S/C18H16F2N4O2/c19-11-4-5-16(14(20)10-11)26-12-6-8-24(9-7-12)18(25)13-2-1-3-15-17(13)22-23-21-15/h1-5,10,12H,6-9H2,(H,21,22,23). The number of fused-ring (bicyclic) bond motifs is 1. The van der Waals surface area contributed by atoms with Gasteiger partial charge in [-0.3, -0.25) is 4.79 Å². The quantitative estimate of drug-likeness (QED) is 0.781. The Morgan fingerprint density at radius 1 is 1.15 bits per heavy atom. The van der Waals surface area contributed by atoms with E-state index in [1.165, 1.54) is 6.07 Å². The van der Waals surface area contributed by atoms with Crippen LogP contribution >= 0.6 is 0 Å². The zero-order valence-electron chi connectivity index (χ0n) is 13.8. The summed E-state index contributed by atoms with van der Waals surface area (Å²) < 4.78 is 32.3. The van der Waals surface area contributed by atoms with E-state index < -0.39 is 11.6 Å². The molecule has 2 heterocycles. The number of carbonyl (C=O) groups excluding carboxylic acids is 1. The number of nitrogens with one attached hydrogen (secondary N) is 1. The molecule has 8 heteroatoms. The van der Waals surface area contributed by atoms with Gasteiger partial charge in [0.2, 0.25) is 0 Å². The molecule has 1 aromatic heterocycles. The second kappa shape index (κ2) is 6.70. The summed E-state index contributed by atoms with van der Waals surface area (Å²) in [7, 11) is 0. The molecule has 134 valence electrons. The molecule has 1 aliphatic heterocycles. The summed E-state index contributed by atoms with van der Waals surface area (Å²) in [5, 5.41) is 10.6. The predicted octanol–water partition coefficient (Wildman–Crippen LogP) is 2.92. The van der Waals surface area contributed by atoms with E-state index >= 15 is 0 Å². The molecule has 1 fully saturated rings. The number of aromatic amines is 1. The highest BCUT2D eigenvalue weighted by atomic mass is 19.1. The number of benzene rings is 2. The Morgan fingerprint density at radius 3 is 2.73 bits per heavy atom. The van der Waals surface area contributed by atoms with Gasteiger partial charge in [-0.1, -0.05) is 6.07 Å². The zero-order chi connectivity index (χ0) is 18.1. The molecule has 1 aliphatic rings. The van der Waals surface area contributed by atoms with Crippen molar-refractivity contribution < 1.29 is 18.3 Å². The Labute approximate surface area is 147 Å². The van der Waals surface area contributed by atoms with Crippen LogP contribution in [0.2, 0.25) is 0 Å². The van der Waals surface area contributed by atoms with Gasteiger partial charge in [0.05, 0.1) is 5.56 Å². The van der Waals surface area contributed by atoms with Crippen LogP contribution in [-0.4, -0.2) is 45.4 Å². The Bertz CT molecular complexity index is 951. The predicted molar refractivity (Wildman–Crippen MR) is 89.8 cm³/mol.